The van der Waals surface area contributed by atoms with Crippen molar-refractivity contribution >= 4 is 39.0 Å². The Kier molecular flexibility index (Phi) is 7.32. The van der Waals surface area contributed by atoms with E-state index in [4.69, 9.17) is 16.3 Å². The largest absolute Gasteiger partial charge is 0.459 e. The van der Waals surface area contributed by atoms with E-state index in [1.807, 2.05) is 13.8 Å². The molecule has 0 aliphatic carbocycles. The number of hydrogen-bond donors (Lipinski definition) is 2. The van der Waals surface area contributed by atoms with Crippen molar-refractivity contribution in [2.75, 3.05) is 10.0 Å². The van der Waals surface area contributed by atoms with Crippen molar-refractivity contribution in [1.29, 1.82) is 0 Å². The first kappa shape index (κ1) is 22.0. The van der Waals surface area contributed by atoms with E-state index >= 15 is 0 Å². The molecule has 0 radical (unpaired) electrons. The van der Waals surface area contributed by atoms with Gasteiger partial charge in [0.25, 0.3) is 10.0 Å². The molecule has 0 spiro atoms. The van der Waals surface area contributed by atoms with Gasteiger partial charge in [0.05, 0.1) is 17.4 Å². The summed E-state index contributed by atoms with van der Waals surface area (Å²) >= 11 is 5.86. The van der Waals surface area contributed by atoms with Crippen LogP contribution in [0.4, 0.5) is 11.4 Å². The van der Waals surface area contributed by atoms with Gasteiger partial charge in [-0.1, -0.05) is 18.5 Å². The zero-order valence-corrected chi connectivity index (χ0v) is 17.9. The maximum Gasteiger partial charge on any atom is 0.338 e. The highest BCUT2D eigenvalue weighted by atomic mass is 35.5. The Bertz CT molecular complexity index is 928. The maximum absolute atomic E-state index is 13.0. The highest BCUT2D eigenvalue weighted by molar-refractivity contribution is 7.92. The molecular weight excluding hydrogens is 400 g/mol. The van der Waals surface area contributed by atoms with Crippen LogP contribution in [0.25, 0.3) is 0 Å². The van der Waals surface area contributed by atoms with Crippen LogP contribution in [-0.4, -0.2) is 26.5 Å². The quantitative estimate of drug-likeness (QED) is 0.587. The number of benzene rings is 2. The van der Waals surface area contributed by atoms with Gasteiger partial charge in [0, 0.05) is 16.8 Å². The second-order valence-electron chi connectivity index (χ2n) is 6.73. The van der Waals surface area contributed by atoms with Gasteiger partial charge in [-0.25, -0.2) is 13.2 Å². The molecule has 2 rings (SSSR count). The second-order valence-corrected chi connectivity index (χ2v) is 8.82. The zero-order valence-electron chi connectivity index (χ0n) is 16.3. The van der Waals surface area contributed by atoms with Gasteiger partial charge in [0.15, 0.2) is 0 Å². The first-order valence-corrected chi connectivity index (χ1v) is 10.9. The van der Waals surface area contributed by atoms with Gasteiger partial charge in [-0.2, -0.15) is 0 Å². The lowest BCUT2D eigenvalue weighted by Gasteiger charge is -2.18. The smallest absolute Gasteiger partial charge is 0.338 e. The van der Waals surface area contributed by atoms with Crippen LogP contribution in [0.1, 0.15) is 44.5 Å². The van der Waals surface area contributed by atoms with Crippen molar-refractivity contribution < 1.29 is 17.9 Å². The molecular formula is C20H25ClN2O4S. The van der Waals surface area contributed by atoms with E-state index in [-0.39, 0.29) is 22.6 Å². The Labute approximate surface area is 171 Å². The molecule has 0 saturated heterocycles. The number of esters is 1. The Morgan fingerprint density at radius 1 is 1.11 bits per heavy atom. The predicted octanol–water partition coefficient (Wildman–Crippen LogP) is 4.92. The van der Waals surface area contributed by atoms with Gasteiger partial charge in [0.1, 0.15) is 4.90 Å². The van der Waals surface area contributed by atoms with E-state index in [0.29, 0.717) is 16.4 Å². The molecule has 1 unspecified atom stereocenters. The van der Waals surface area contributed by atoms with E-state index in [2.05, 4.69) is 10.0 Å². The monoisotopic (exact) mass is 424 g/mol. The molecule has 152 valence electrons. The Morgan fingerprint density at radius 3 is 2.32 bits per heavy atom. The molecule has 2 aromatic rings. The zero-order chi connectivity index (χ0) is 20.9. The molecule has 28 heavy (non-hydrogen) atoms. The van der Waals surface area contributed by atoms with Crippen LogP contribution in [0.5, 0.6) is 0 Å². The second kappa shape index (κ2) is 9.30. The third-order valence-corrected chi connectivity index (χ3v) is 5.63. The van der Waals surface area contributed by atoms with Crippen molar-refractivity contribution in [2.45, 2.75) is 51.2 Å². The lowest BCUT2D eigenvalue weighted by atomic mass is 10.2. The van der Waals surface area contributed by atoms with Crippen LogP contribution in [0, 0.1) is 0 Å². The van der Waals surface area contributed by atoms with E-state index in [1.165, 1.54) is 6.07 Å². The first-order chi connectivity index (χ1) is 13.1. The fraction of sp³-hybridized carbons (Fsp3) is 0.350. The number of sulfonamides is 1. The summed E-state index contributed by atoms with van der Waals surface area (Å²) in [7, 11) is -3.96. The summed E-state index contributed by atoms with van der Waals surface area (Å²) in [5.41, 5.74) is 0.950. The van der Waals surface area contributed by atoms with Crippen LogP contribution in [0.3, 0.4) is 0 Å². The molecule has 2 aromatic carbocycles. The summed E-state index contributed by atoms with van der Waals surface area (Å²) in [6.45, 7) is 7.41. The molecule has 1 atom stereocenters. The molecule has 0 aromatic heterocycles. The molecule has 6 nitrogen and oxygen atoms in total. The lowest BCUT2D eigenvalue weighted by molar-refractivity contribution is 0.0377. The minimum atomic E-state index is -3.96. The number of anilines is 2. The number of rotatable bonds is 8. The summed E-state index contributed by atoms with van der Waals surface area (Å²) < 4.78 is 33.8. The fourth-order valence-corrected chi connectivity index (χ4v) is 3.75. The molecule has 0 aliphatic rings. The van der Waals surface area contributed by atoms with Crippen molar-refractivity contribution in [3.05, 3.63) is 53.1 Å². The third kappa shape index (κ3) is 5.87. The van der Waals surface area contributed by atoms with Crippen LogP contribution < -0.4 is 10.0 Å². The predicted molar refractivity (Wildman–Crippen MR) is 113 cm³/mol. The SMILES string of the molecule is CCC(C)Nc1ccc(C(=O)OC(C)C)cc1S(=O)(=O)Nc1ccc(Cl)cc1. The molecule has 2 N–H and O–H groups in total. The highest BCUT2D eigenvalue weighted by Crippen LogP contribution is 2.27. The number of carbonyl (C=O) groups is 1. The van der Waals surface area contributed by atoms with Crippen molar-refractivity contribution in [2.24, 2.45) is 0 Å². The van der Waals surface area contributed by atoms with Crippen LogP contribution in [0.2, 0.25) is 5.02 Å². The third-order valence-electron chi connectivity index (χ3n) is 3.96. The standard InChI is InChI=1S/C20H25ClN2O4S/c1-5-14(4)22-18-11-6-15(20(24)27-13(2)3)12-19(18)28(25,26)23-17-9-7-16(21)8-10-17/h6-14,22-23H,5H2,1-4H3. The topological polar surface area (TPSA) is 84.5 Å². The number of ether oxygens (including phenoxy) is 1. The van der Waals surface area contributed by atoms with Gasteiger partial charge in [-0.05, 0) is 69.7 Å². The minimum absolute atomic E-state index is 0.0269. The molecule has 0 saturated carbocycles. The molecule has 8 heteroatoms. The van der Waals surface area contributed by atoms with Crippen LogP contribution in [-0.2, 0) is 14.8 Å². The maximum atomic E-state index is 13.0. The van der Waals surface area contributed by atoms with Gasteiger partial charge in [-0.3, -0.25) is 4.72 Å². The molecule has 0 aliphatic heterocycles. The summed E-state index contributed by atoms with van der Waals surface area (Å²) in [6.07, 6.45) is 0.499. The van der Waals surface area contributed by atoms with Gasteiger partial charge >= 0.3 is 5.97 Å². The number of halogens is 1. The highest BCUT2D eigenvalue weighted by Gasteiger charge is 2.23. The average Bonchev–Trinajstić information content (AvgIpc) is 2.63. The fourth-order valence-electron chi connectivity index (χ4n) is 2.37. The molecule has 0 bridgehead atoms. The Balaban J connectivity index is 2.46. The molecule has 0 fully saturated rings. The Hall–Kier alpha value is -2.25. The number of carbonyl (C=O) groups excluding carboxylic acids is 1. The summed E-state index contributed by atoms with van der Waals surface area (Å²) in [5.74, 6) is -0.576. The van der Waals surface area contributed by atoms with Crippen LogP contribution in [0.15, 0.2) is 47.4 Å². The minimum Gasteiger partial charge on any atom is -0.459 e. The van der Waals surface area contributed by atoms with E-state index in [1.54, 1.807) is 50.2 Å². The summed E-state index contributed by atoms with van der Waals surface area (Å²) in [5, 5.41) is 3.68. The van der Waals surface area contributed by atoms with Crippen molar-refractivity contribution in [1.82, 2.24) is 0 Å². The average molecular weight is 425 g/mol. The summed E-state index contributed by atoms with van der Waals surface area (Å²) in [4.78, 5) is 12.2. The normalized spacial score (nSPS) is 12.5. The lowest BCUT2D eigenvalue weighted by Crippen LogP contribution is -2.20. The van der Waals surface area contributed by atoms with E-state index < -0.39 is 16.0 Å². The molecule has 0 amide bonds. The van der Waals surface area contributed by atoms with Crippen molar-refractivity contribution in [3.63, 3.8) is 0 Å². The number of hydrogen-bond acceptors (Lipinski definition) is 5. The van der Waals surface area contributed by atoms with E-state index in [0.717, 1.165) is 6.42 Å². The summed E-state index contributed by atoms with van der Waals surface area (Å²) in [6, 6.07) is 10.8. The van der Waals surface area contributed by atoms with Gasteiger partial charge < -0.3 is 10.1 Å². The van der Waals surface area contributed by atoms with Crippen molar-refractivity contribution in [3.8, 4) is 0 Å². The van der Waals surface area contributed by atoms with Crippen LogP contribution >= 0.6 is 11.6 Å². The number of nitrogens with one attached hydrogen (secondary N) is 2. The molecule has 0 heterocycles. The van der Waals surface area contributed by atoms with Gasteiger partial charge in [-0.15, -0.1) is 0 Å². The van der Waals surface area contributed by atoms with Gasteiger partial charge in [0.2, 0.25) is 0 Å². The first-order valence-electron chi connectivity index (χ1n) is 9.02. The van der Waals surface area contributed by atoms with E-state index in [9.17, 15) is 13.2 Å². The Morgan fingerprint density at radius 2 is 1.75 bits per heavy atom.